The number of rotatable bonds is 2. The molecule has 78 valence electrons. The van der Waals surface area contributed by atoms with Crippen LogP contribution in [0.5, 0.6) is 0 Å². The van der Waals surface area contributed by atoms with E-state index in [1.165, 1.54) is 4.88 Å². The maximum absolute atomic E-state index is 4.25. The highest BCUT2D eigenvalue weighted by Crippen LogP contribution is 2.23. The standard InChI is InChI=1S/C10H10BrN3S/c1-6-3-9(12-5-8(6)11)14-10-13-4-7(2)15-10/h3-5H,1-2H3,(H,12,13,14). The lowest BCUT2D eigenvalue weighted by Crippen LogP contribution is -1.93. The van der Waals surface area contributed by atoms with E-state index in [-0.39, 0.29) is 0 Å². The third-order valence-electron chi connectivity index (χ3n) is 1.90. The summed E-state index contributed by atoms with van der Waals surface area (Å²) < 4.78 is 1.02. The van der Waals surface area contributed by atoms with Crippen LogP contribution in [-0.4, -0.2) is 9.97 Å². The van der Waals surface area contributed by atoms with Crippen LogP contribution in [0.15, 0.2) is 22.9 Å². The lowest BCUT2D eigenvalue weighted by atomic mass is 10.3. The predicted molar refractivity (Wildman–Crippen MR) is 66.8 cm³/mol. The molecular weight excluding hydrogens is 274 g/mol. The molecule has 0 radical (unpaired) electrons. The number of aryl methyl sites for hydroxylation is 2. The topological polar surface area (TPSA) is 37.8 Å². The van der Waals surface area contributed by atoms with Crippen LogP contribution >= 0.6 is 27.3 Å². The first-order valence-electron chi connectivity index (χ1n) is 4.47. The smallest absolute Gasteiger partial charge is 0.188 e. The second-order valence-corrected chi connectivity index (χ2v) is 5.31. The largest absolute Gasteiger partial charge is 0.316 e. The minimum absolute atomic E-state index is 0.824. The van der Waals surface area contributed by atoms with Crippen molar-refractivity contribution >= 4 is 38.2 Å². The van der Waals surface area contributed by atoms with Crippen LogP contribution in [0.3, 0.4) is 0 Å². The Morgan fingerprint density at radius 1 is 1.27 bits per heavy atom. The van der Waals surface area contributed by atoms with E-state index >= 15 is 0 Å². The van der Waals surface area contributed by atoms with Crippen LogP contribution in [0.1, 0.15) is 10.4 Å². The molecule has 2 aromatic rings. The van der Waals surface area contributed by atoms with Crippen LogP contribution in [0.25, 0.3) is 0 Å². The summed E-state index contributed by atoms with van der Waals surface area (Å²) >= 11 is 5.03. The zero-order valence-electron chi connectivity index (χ0n) is 8.41. The number of nitrogens with zero attached hydrogens (tertiary/aromatic N) is 2. The Hall–Kier alpha value is -0.940. The van der Waals surface area contributed by atoms with Gasteiger partial charge in [-0.2, -0.15) is 0 Å². The molecule has 2 rings (SSSR count). The minimum Gasteiger partial charge on any atom is -0.316 e. The molecule has 0 aliphatic carbocycles. The predicted octanol–water partition coefficient (Wildman–Crippen LogP) is 3.66. The van der Waals surface area contributed by atoms with Crippen molar-refractivity contribution < 1.29 is 0 Å². The monoisotopic (exact) mass is 283 g/mol. The quantitative estimate of drug-likeness (QED) is 0.914. The molecule has 0 atom stereocenters. The molecule has 0 saturated carbocycles. The fraction of sp³-hybridized carbons (Fsp3) is 0.200. The Kier molecular flexibility index (Phi) is 3.02. The normalized spacial score (nSPS) is 10.3. The van der Waals surface area contributed by atoms with Gasteiger partial charge < -0.3 is 5.32 Å². The van der Waals surface area contributed by atoms with Crippen molar-refractivity contribution in [1.29, 1.82) is 0 Å². The average Bonchev–Trinajstić information content (AvgIpc) is 2.58. The van der Waals surface area contributed by atoms with Crippen molar-refractivity contribution in [2.45, 2.75) is 13.8 Å². The van der Waals surface area contributed by atoms with Gasteiger partial charge in [0.2, 0.25) is 0 Å². The summed E-state index contributed by atoms with van der Waals surface area (Å²) in [6.07, 6.45) is 3.64. The summed E-state index contributed by atoms with van der Waals surface area (Å²) in [5.74, 6) is 0.824. The summed E-state index contributed by atoms with van der Waals surface area (Å²) in [4.78, 5) is 9.66. The van der Waals surface area contributed by atoms with Gasteiger partial charge in [0.1, 0.15) is 5.82 Å². The highest BCUT2D eigenvalue weighted by Gasteiger charge is 2.02. The molecule has 0 aliphatic rings. The average molecular weight is 284 g/mol. The van der Waals surface area contributed by atoms with Gasteiger partial charge in [0.15, 0.2) is 5.13 Å². The third kappa shape index (κ3) is 2.54. The second kappa shape index (κ2) is 4.28. The Bertz CT molecular complexity index is 481. The zero-order chi connectivity index (χ0) is 10.8. The molecule has 2 aromatic heterocycles. The molecule has 0 aromatic carbocycles. The maximum Gasteiger partial charge on any atom is 0.188 e. The van der Waals surface area contributed by atoms with Gasteiger partial charge in [0, 0.05) is 21.7 Å². The number of thiazole rings is 1. The minimum atomic E-state index is 0.824. The molecule has 0 amide bonds. The molecule has 2 heterocycles. The molecule has 0 unspecified atom stereocenters. The highest BCUT2D eigenvalue weighted by atomic mass is 79.9. The molecule has 1 N–H and O–H groups in total. The lowest BCUT2D eigenvalue weighted by molar-refractivity contribution is 1.24. The molecule has 0 fully saturated rings. The highest BCUT2D eigenvalue weighted by molar-refractivity contribution is 9.10. The number of hydrogen-bond acceptors (Lipinski definition) is 4. The van der Waals surface area contributed by atoms with Crippen molar-refractivity contribution in [2.75, 3.05) is 5.32 Å². The SMILES string of the molecule is Cc1cnc(Nc2cc(C)c(Br)cn2)s1. The number of anilines is 2. The first-order chi connectivity index (χ1) is 7.15. The van der Waals surface area contributed by atoms with E-state index < -0.39 is 0 Å². The summed E-state index contributed by atoms with van der Waals surface area (Å²) in [5, 5.41) is 4.04. The molecule has 0 aliphatic heterocycles. The number of halogens is 1. The van der Waals surface area contributed by atoms with E-state index in [0.29, 0.717) is 0 Å². The van der Waals surface area contributed by atoms with Crippen LogP contribution < -0.4 is 5.32 Å². The van der Waals surface area contributed by atoms with Crippen molar-refractivity contribution in [3.63, 3.8) is 0 Å². The lowest BCUT2D eigenvalue weighted by Gasteiger charge is -2.03. The van der Waals surface area contributed by atoms with Gasteiger partial charge in [-0.3, -0.25) is 0 Å². The molecule has 0 saturated heterocycles. The Balaban J connectivity index is 2.21. The van der Waals surface area contributed by atoms with Crippen molar-refractivity contribution in [1.82, 2.24) is 9.97 Å². The molecular formula is C10H10BrN3S. The van der Waals surface area contributed by atoms with Gasteiger partial charge in [-0.1, -0.05) is 0 Å². The molecule has 15 heavy (non-hydrogen) atoms. The van der Waals surface area contributed by atoms with E-state index in [1.807, 2.05) is 26.1 Å². The van der Waals surface area contributed by atoms with Gasteiger partial charge in [-0.05, 0) is 41.4 Å². The summed E-state index contributed by atoms with van der Waals surface area (Å²) in [6, 6.07) is 1.99. The Morgan fingerprint density at radius 3 is 2.67 bits per heavy atom. The van der Waals surface area contributed by atoms with Gasteiger partial charge in [0.05, 0.1) is 0 Å². The second-order valence-electron chi connectivity index (χ2n) is 3.22. The third-order valence-corrected chi connectivity index (χ3v) is 3.56. The van der Waals surface area contributed by atoms with Crippen LogP contribution in [-0.2, 0) is 0 Å². The van der Waals surface area contributed by atoms with Crippen molar-refractivity contribution in [2.24, 2.45) is 0 Å². The van der Waals surface area contributed by atoms with E-state index in [2.05, 4.69) is 31.2 Å². The summed E-state index contributed by atoms with van der Waals surface area (Å²) in [7, 11) is 0. The van der Waals surface area contributed by atoms with E-state index in [9.17, 15) is 0 Å². The zero-order valence-corrected chi connectivity index (χ0v) is 10.8. The summed E-state index contributed by atoms with van der Waals surface area (Å²) in [6.45, 7) is 4.06. The number of hydrogen-bond donors (Lipinski definition) is 1. The van der Waals surface area contributed by atoms with Gasteiger partial charge in [-0.25, -0.2) is 9.97 Å². The number of pyridine rings is 1. The van der Waals surface area contributed by atoms with E-state index in [0.717, 1.165) is 21.0 Å². The fourth-order valence-corrected chi connectivity index (χ4v) is 2.02. The van der Waals surface area contributed by atoms with Crippen molar-refractivity contribution in [3.05, 3.63) is 33.4 Å². The molecule has 0 spiro atoms. The first-order valence-corrected chi connectivity index (χ1v) is 6.08. The Morgan fingerprint density at radius 2 is 2.07 bits per heavy atom. The maximum atomic E-state index is 4.25. The Labute approximate surface area is 101 Å². The van der Waals surface area contributed by atoms with Crippen LogP contribution in [0, 0.1) is 13.8 Å². The fourth-order valence-electron chi connectivity index (χ4n) is 1.13. The van der Waals surface area contributed by atoms with E-state index in [1.54, 1.807) is 17.5 Å². The molecule has 0 bridgehead atoms. The van der Waals surface area contributed by atoms with Gasteiger partial charge in [-0.15, -0.1) is 11.3 Å². The number of aromatic nitrogens is 2. The molecule has 3 nitrogen and oxygen atoms in total. The van der Waals surface area contributed by atoms with Crippen LogP contribution in [0.2, 0.25) is 0 Å². The summed E-state index contributed by atoms with van der Waals surface area (Å²) in [5.41, 5.74) is 1.15. The van der Waals surface area contributed by atoms with Gasteiger partial charge >= 0.3 is 0 Å². The van der Waals surface area contributed by atoms with E-state index in [4.69, 9.17) is 0 Å². The van der Waals surface area contributed by atoms with Crippen LogP contribution in [0.4, 0.5) is 10.9 Å². The molecule has 5 heteroatoms. The first kappa shape index (κ1) is 10.6. The number of nitrogens with one attached hydrogen (secondary N) is 1. The van der Waals surface area contributed by atoms with Gasteiger partial charge in [0.25, 0.3) is 0 Å². The van der Waals surface area contributed by atoms with Crippen molar-refractivity contribution in [3.8, 4) is 0 Å².